The molecule has 3 nitrogen and oxygen atoms in total. The molecule has 0 aliphatic carbocycles. The smallest absolute Gasteiger partial charge is 0.121 e. The van der Waals surface area contributed by atoms with Crippen LogP contribution in [0.25, 0.3) is 11.4 Å². The largest absolute Gasteiger partial charge is 0.344 e. The van der Waals surface area contributed by atoms with Gasteiger partial charge < -0.3 is 4.98 Å². The molecule has 2 rings (SSSR count). The second kappa shape index (κ2) is 4.16. The molecule has 0 radical (unpaired) electrons. The van der Waals surface area contributed by atoms with Crippen molar-refractivity contribution in [2.45, 2.75) is 13.8 Å². The quantitative estimate of drug-likeness (QED) is 0.786. The third-order valence-corrected chi connectivity index (χ3v) is 3.40. The number of nitrogens with one attached hydrogen (secondary N) is 1. The van der Waals surface area contributed by atoms with Crippen LogP contribution in [0.1, 0.15) is 15.4 Å². The van der Waals surface area contributed by atoms with E-state index in [1.807, 2.05) is 26.0 Å². The van der Waals surface area contributed by atoms with Crippen LogP contribution >= 0.6 is 23.6 Å². The van der Waals surface area contributed by atoms with Gasteiger partial charge in [0, 0.05) is 4.88 Å². The summed E-state index contributed by atoms with van der Waals surface area (Å²) in [6.07, 6.45) is 0. The Morgan fingerprint density at radius 3 is 2.69 bits per heavy atom. The van der Waals surface area contributed by atoms with Gasteiger partial charge in [-0.05, 0) is 26.0 Å². The molecule has 0 unspecified atom stereocenters. The van der Waals surface area contributed by atoms with Crippen molar-refractivity contribution in [3.05, 3.63) is 32.2 Å². The predicted octanol–water partition coefficient (Wildman–Crippen LogP) is 3.36. The lowest BCUT2D eigenvalue weighted by atomic mass is 10.2. The molecular formula is C11H9N3S2. The minimum atomic E-state index is 0.463. The number of hydrogen-bond acceptors (Lipinski definition) is 4. The lowest BCUT2D eigenvalue weighted by Crippen LogP contribution is -1.89. The summed E-state index contributed by atoms with van der Waals surface area (Å²) < 4.78 is 0.463. The molecule has 0 bridgehead atoms. The highest BCUT2D eigenvalue weighted by Gasteiger charge is 2.08. The molecule has 0 aromatic carbocycles. The van der Waals surface area contributed by atoms with E-state index < -0.39 is 0 Å². The summed E-state index contributed by atoms with van der Waals surface area (Å²) in [5, 5.41) is 9.81. The predicted molar refractivity (Wildman–Crippen MR) is 66.9 cm³/mol. The summed E-state index contributed by atoms with van der Waals surface area (Å²) in [5.41, 5.74) is 2.27. The first kappa shape index (κ1) is 11.0. The monoisotopic (exact) mass is 247 g/mol. The average Bonchev–Trinajstić information content (AvgIpc) is 2.58. The Bertz CT molecular complexity index is 631. The third kappa shape index (κ3) is 1.90. The topological polar surface area (TPSA) is 52.5 Å². The standard InChI is InChI=1S/C11H9N3S2/c1-6-10(13-7(2)16-6)9-4-3-8(5-12)11(15)14-9/h3-4H,1-2H3,(H,14,15). The van der Waals surface area contributed by atoms with E-state index in [0.29, 0.717) is 10.2 Å². The molecule has 2 heterocycles. The van der Waals surface area contributed by atoms with Gasteiger partial charge in [-0.15, -0.1) is 11.3 Å². The molecule has 0 saturated heterocycles. The first-order chi connectivity index (χ1) is 7.61. The van der Waals surface area contributed by atoms with Gasteiger partial charge in [0.2, 0.25) is 0 Å². The van der Waals surface area contributed by atoms with Gasteiger partial charge in [0.15, 0.2) is 0 Å². The summed E-state index contributed by atoms with van der Waals surface area (Å²) in [5.74, 6) is 0. The molecule has 0 atom stereocenters. The molecule has 5 heteroatoms. The van der Waals surface area contributed by atoms with E-state index in [9.17, 15) is 0 Å². The summed E-state index contributed by atoms with van der Waals surface area (Å²) in [6.45, 7) is 3.99. The Morgan fingerprint density at radius 1 is 1.44 bits per heavy atom. The lowest BCUT2D eigenvalue weighted by molar-refractivity contribution is 1.21. The summed E-state index contributed by atoms with van der Waals surface area (Å²) >= 11 is 6.74. The number of aryl methyl sites for hydroxylation is 2. The fourth-order valence-corrected chi connectivity index (χ4v) is 2.53. The third-order valence-electron chi connectivity index (χ3n) is 2.19. The number of nitrogens with zero attached hydrogens (tertiary/aromatic N) is 2. The molecule has 0 fully saturated rings. The van der Waals surface area contributed by atoms with Gasteiger partial charge in [0.05, 0.1) is 16.3 Å². The van der Waals surface area contributed by atoms with Gasteiger partial charge >= 0.3 is 0 Å². The molecule has 2 aromatic rings. The first-order valence-electron chi connectivity index (χ1n) is 4.69. The van der Waals surface area contributed by atoms with E-state index in [4.69, 9.17) is 17.5 Å². The fourth-order valence-electron chi connectivity index (χ4n) is 1.48. The van der Waals surface area contributed by atoms with E-state index in [-0.39, 0.29) is 0 Å². The van der Waals surface area contributed by atoms with Crippen molar-refractivity contribution < 1.29 is 0 Å². The van der Waals surface area contributed by atoms with Crippen LogP contribution in [-0.2, 0) is 0 Å². The van der Waals surface area contributed by atoms with Crippen molar-refractivity contribution in [3.63, 3.8) is 0 Å². The number of nitriles is 1. The molecular weight excluding hydrogens is 238 g/mol. The van der Waals surface area contributed by atoms with Crippen LogP contribution in [-0.4, -0.2) is 9.97 Å². The number of aromatic amines is 1. The Kier molecular flexibility index (Phi) is 2.86. The van der Waals surface area contributed by atoms with Crippen molar-refractivity contribution in [1.29, 1.82) is 5.26 Å². The Labute approximate surface area is 102 Å². The number of aromatic nitrogens is 2. The van der Waals surface area contributed by atoms with Gasteiger partial charge in [-0.3, -0.25) is 0 Å². The van der Waals surface area contributed by atoms with Crippen LogP contribution in [0, 0.1) is 29.8 Å². The summed E-state index contributed by atoms with van der Waals surface area (Å²) in [6, 6.07) is 5.61. The molecule has 0 amide bonds. The zero-order valence-corrected chi connectivity index (χ0v) is 10.5. The minimum absolute atomic E-state index is 0.463. The van der Waals surface area contributed by atoms with E-state index in [0.717, 1.165) is 21.3 Å². The molecule has 1 N–H and O–H groups in total. The van der Waals surface area contributed by atoms with Crippen molar-refractivity contribution >= 4 is 23.6 Å². The van der Waals surface area contributed by atoms with Gasteiger partial charge in [-0.1, -0.05) is 12.2 Å². The van der Waals surface area contributed by atoms with Crippen molar-refractivity contribution in [1.82, 2.24) is 9.97 Å². The first-order valence-corrected chi connectivity index (χ1v) is 5.92. The van der Waals surface area contributed by atoms with Gasteiger partial charge in [-0.2, -0.15) is 5.26 Å². The normalized spacial score (nSPS) is 10.1. The summed E-state index contributed by atoms with van der Waals surface area (Å²) in [4.78, 5) is 8.62. The van der Waals surface area contributed by atoms with Gasteiger partial charge in [0.25, 0.3) is 0 Å². The number of rotatable bonds is 1. The van der Waals surface area contributed by atoms with Crippen LogP contribution in [0.3, 0.4) is 0 Å². The van der Waals surface area contributed by atoms with Crippen LogP contribution in [0.15, 0.2) is 12.1 Å². The average molecular weight is 247 g/mol. The van der Waals surface area contributed by atoms with Crippen molar-refractivity contribution in [2.75, 3.05) is 0 Å². The Hall–Kier alpha value is -1.51. The molecule has 0 spiro atoms. The second-order valence-electron chi connectivity index (χ2n) is 3.36. The fraction of sp³-hybridized carbons (Fsp3) is 0.182. The molecule has 80 valence electrons. The zero-order chi connectivity index (χ0) is 11.7. The molecule has 0 aliphatic rings. The van der Waals surface area contributed by atoms with Crippen molar-refractivity contribution in [2.24, 2.45) is 0 Å². The van der Waals surface area contributed by atoms with Gasteiger partial charge in [0.1, 0.15) is 16.4 Å². The second-order valence-corrected chi connectivity index (χ2v) is 5.18. The van der Waals surface area contributed by atoms with E-state index >= 15 is 0 Å². The van der Waals surface area contributed by atoms with E-state index in [1.54, 1.807) is 17.4 Å². The minimum Gasteiger partial charge on any atom is -0.344 e. The maximum absolute atomic E-state index is 8.79. The maximum Gasteiger partial charge on any atom is 0.121 e. The highest BCUT2D eigenvalue weighted by molar-refractivity contribution is 7.71. The Morgan fingerprint density at radius 2 is 2.19 bits per heavy atom. The maximum atomic E-state index is 8.79. The van der Waals surface area contributed by atoms with Crippen LogP contribution in [0.4, 0.5) is 0 Å². The summed E-state index contributed by atoms with van der Waals surface area (Å²) in [7, 11) is 0. The molecule has 16 heavy (non-hydrogen) atoms. The highest BCUT2D eigenvalue weighted by atomic mass is 32.1. The van der Waals surface area contributed by atoms with Crippen LogP contribution in [0.2, 0.25) is 0 Å². The van der Waals surface area contributed by atoms with Crippen LogP contribution in [0.5, 0.6) is 0 Å². The Balaban J connectivity index is 2.59. The lowest BCUT2D eigenvalue weighted by Gasteiger charge is -1.99. The molecule has 0 aliphatic heterocycles. The molecule has 0 saturated carbocycles. The zero-order valence-electron chi connectivity index (χ0n) is 8.87. The van der Waals surface area contributed by atoms with Crippen molar-refractivity contribution in [3.8, 4) is 17.5 Å². The van der Waals surface area contributed by atoms with E-state index in [2.05, 4.69) is 9.97 Å². The SMILES string of the molecule is Cc1nc(-c2ccc(C#N)c(=S)[nH]2)c(C)s1. The van der Waals surface area contributed by atoms with Crippen LogP contribution < -0.4 is 0 Å². The van der Waals surface area contributed by atoms with Gasteiger partial charge in [-0.25, -0.2) is 4.98 Å². The highest BCUT2D eigenvalue weighted by Crippen LogP contribution is 2.25. The number of thiazole rings is 1. The molecule has 2 aromatic heterocycles. The number of H-pyrrole nitrogens is 1. The number of hydrogen-bond donors (Lipinski definition) is 1. The number of pyridine rings is 1. The van der Waals surface area contributed by atoms with E-state index in [1.165, 1.54) is 0 Å².